The number of alkyl carbamates (subject to hydrolysis) is 2. The zero-order chi connectivity index (χ0) is 53.1. The highest BCUT2D eigenvalue weighted by Crippen LogP contribution is 2.21. The van der Waals surface area contributed by atoms with E-state index in [0.29, 0.717) is 12.8 Å². The minimum Gasteiger partial charge on any atom is -0.467 e. The van der Waals surface area contributed by atoms with Crippen molar-refractivity contribution in [2.24, 2.45) is 11.7 Å². The van der Waals surface area contributed by atoms with Crippen LogP contribution in [0.5, 0.6) is 0 Å². The fourth-order valence-electron chi connectivity index (χ4n) is 6.93. The van der Waals surface area contributed by atoms with Crippen LogP contribution in [0.1, 0.15) is 121 Å². The summed E-state index contributed by atoms with van der Waals surface area (Å²) in [5, 5.41) is 15.5. The van der Waals surface area contributed by atoms with E-state index in [2.05, 4.69) is 51.0 Å². The molecule has 0 fully saturated rings. The minimum atomic E-state index is -1.75. The Morgan fingerprint density at radius 2 is 1.19 bits per heavy atom. The van der Waals surface area contributed by atoms with Crippen molar-refractivity contribution in [3.05, 3.63) is 95.6 Å². The van der Waals surface area contributed by atoms with Crippen molar-refractivity contribution in [3.8, 4) is 11.1 Å². The first-order valence-electron chi connectivity index (χ1n) is 24.6. The molecule has 0 unspecified atom stereocenters. The summed E-state index contributed by atoms with van der Waals surface area (Å²) in [4.78, 5) is 105. The van der Waals surface area contributed by atoms with Crippen molar-refractivity contribution >= 4 is 47.8 Å². The van der Waals surface area contributed by atoms with Gasteiger partial charge in [0.05, 0.1) is 13.7 Å². The molecule has 3 rings (SSSR count). The lowest BCUT2D eigenvalue weighted by Gasteiger charge is -2.25. The molecular formula is C53H75N7O12. The van der Waals surface area contributed by atoms with Crippen LogP contribution in [0, 0.1) is 5.92 Å². The number of ether oxygens (including phenoxy) is 4. The smallest absolute Gasteiger partial charge is 0.407 e. The standard InChI is InChI=1S/C53H75N7O12/c1-8-9-16-36-21-23-38(24-22-36)39-25-27-40(28-26-39)46(62)57-41(19-13-14-31-55-51(67)71-34-37-17-11-10-12-18-37)47(63)58-42(29-30-44(61)70-33-35(2)3)48(64)60-45(54)49(65)59-43(50(66)69-7)20-15-32-56-52(68)72-53(4,5)6/h10-12,17-18,21-28,35,41-43,45H,8-9,13-16,19-20,29-34,54H2,1-7H3,(H,55,67)(H,56,68)(H,57,62)(H,58,63)(H,59,65)(H,60,64)/t41-,42-,43-,45+/m0/s1. The average Bonchev–Trinajstić information content (AvgIpc) is 3.35. The molecule has 19 nitrogen and oxygen atoms in total. The third kappa shape index (κ3) is 23.3. The summed E-state index contributed by atoms with van der Waals surface area (Å²) in [5.41, 5.74) is 9.58. The van der Waals surface area contributed by atoms with Crippen LogP contribution >= 0.6 is 0 Å². The molecule has 0 spiro atoms. The van der Waals surface area contributed by atoms with Crippen LogP contribution in [-0.4, -0.2) is 104 Å². The number of hydrogen-bond acceptors (Lipinski definition) is 13. The number of carbonyl (C=O) groups excluding carboxylic acids is 8. The quantitative estimate of drug-likeness (QED) is 0.0190. The molecule has 4 atom stereocenters. The van der Waals surface area contributed by atoms with Gasteiger partial charge in [-0.2, -0.15) is 0 Å². The van der Waals surface area contributed by atoms with Gasteiger partial charge in [-0.15, -0.1) is 0 Å². The Balaban J connectivity index is 1.77. The van der Waals surface area contributed by atoms with E-state index in [1.165, 1.54) is 5.56 Å². The van der Waals surface area contributed by atoms with Crippen molar-refractivity contribution < 1.29 is 57.3 Å². The molecule has 0 aliphatic heterocycles. The molecule has 3 aromatic rings. The van der Waals surface area contributed by atoms with E-state index in [1.54, 1.807) is 32.9 Å². The van der Waals surface area contributed by atoms with E-state index < -0.39 is 77.6 Å². The van der Waals surface area contributed by atoms with Gasteiger partial charge in [0.25, 0.3) is 11.8 Å². The van der Waals surface area contributed by atoms with Gasteiger partial charge in [-0.05, 0) is 112 Å². The third-order valence-corrected chi connectivity index (χ3v) is 10.8. The summed E-state index contributed by atoms with van der Waals surface area (Å²) in [5.74, 6) is -4.70. The molecule has 0 radical (unpaired) electrons. The second-order valence-corrected chi connectivity index (χ2v) is 18.7. The molecule has 72 heavy (non-hydrogen) atoms. The van der Waals surface area contributed by atoms with E-state index >= 15 is 0 Å². The van der Waals surface area contributed by atoms with Crippen molar-refractivity contribution in [3.63, 3.8) is 0 Å². The first kappa shape index (κ1) is 59.3. The zero-order valence-electron chi connectivity index (χ0n) is 42.8. The molecule has 0 bridgehead atoms. The van der Waals surface area contributed by atoms with Crippen molar-refractivity contribution in [1.29, 1.82) is 0 Å². The number of nitrogens with one attached hydrogen (secondary N) is 6. The third-order valence-electron chi connectivity index (χ3n) is 10.8. The van der Waals surface area contributed by atoms with Crippen molar-refractivity contribution in [2.45, 2.75) is 142 Å². The highest BCUT2D eigenvalue weighted by molar-refractivity contribution is 5.99. The predicted octanol–water partition coefficient (Wildman–Crippen LogP) is 5.72. The van der Waals surface area contributed by atoms with Crippen LogP contribution in [0.2, 0.25) is 0 Å². The lowest BCUT2D eigenvalue weighted by atomic mass is 10.0. The first-order chi connectivity index (χ1) is 34.3. The topological polar surface area (TPSA) is 272 Å². The van der Waals surface area contributed by atoms with Gasteiger partial charge in [-0.3, -0.25) is 24.0 Å². The van der Waals surface area contributed by atoms with E-state index in [9.17, 15) is 38.4 Å². The number of esters is 2. The molecule has 0 aliphatic rings. The molecule has 3 aromatic carbocycles. The van der Waals surface area contributed by atoms with Gasteiger partial charge >= 0.3 is 24.1 Å². The number of amides is 6. The van der Waals surface area contributed by atoms with Gasteiger partial charge in [-0.1, -0.05) is 93.9 Å². The fraction of sp³-hybridized carbons (Fsp3) is 0.509. The second kappa shape index (κ2) is 31.3. The maximum Gasteiger partial charge on any atom is 0.407 e. The van der Waals surface area contributed by atoms with Crippen LogP contribution in [0.25, 0.3) is 11.1 Å². The molecule has 0 aromatic heterocycles. The van der Waals surface area contributed by atoms with Gasteiger partial charge < -0.3 is 56.6 Å². The first-order valence-corrected chi connectivity index (χ1v) is 24.6. The SMILES string of the molecule is CCCCc1ccc(-c2ccc(C(=O)N[C@@H](CCCCNC(=O)OCc3ccccc3)C(=O)N[C@@H](CCC(=O)OCC(C)C)C(=O)N[C@@H](N)C(=O)N[C@@H](CCCNC(=O)OC(C)(C)C)C(=O)OC)cc2)cc1. The van der Waals surface area contributed by atoms with Crippen LogP contribution in [0.15, 0.2) is 78.9 Å². The predicted molar refractivity (Wildman–Crippen MR) is 271 cm³/mol. The zero-order valence-corrected chi connectivity index (χ0v) is 42.8. The van der Waals surface area contributed by atoms with Gasteiger partial charge in [0.2, 0.25) is 11.8 Å². The summed E-state index contributed by atoms with van der Waals surface area (Å²) in [7, 11) is 1.13. The number of hydrogen-bond donors (Lipinski definition) is 7. The maximum atomic E-state index is 14.2. The summed E-state index contributed by atoms with van der Waals surface area (Å²) in [6.07, 6.45) is 0.558. The molecule has 0 heterocycles. The number of rotatable bonds is 29. The molecule has 394 valence electrons. The second-order valence-electron chi connectivity index (χ2n) is 18.7. The van der Waals surface area contributed by atoms with Gasteiger partial charge in [0.15, 0.2) is 6.17 Å². The Morgan fingerprint density at radius 1 is 0.611 bits per heavy atom. The van der Waals surface area contributed by atoms with Gasteiger partial charge in [-0.25, -0.2) is 14.4 Å². The van der Waals surface area contributed by atoms with Crippen LogP contribution < -0.4 is 37.6 Å². The molecule has 0 saturated heterocycles. The molecule has 0 aliphatic carbocycles. The Morgan fingerprint density at radius 3 is 1.82 bits per heavy atom. The number of aryl methyl sites for hydroxylation is 1. The number of unbranched alkanes of at least 4 members (excludes halogenated alkanes) is 2. The Labute approximate surface area is 423 Å². The highest BCUT2D eigenvalue weighted by Gasteiger charge is 2.31. The van der Waals surface area contributed by atoms with E-state index in [-0.39, 0.29) is 69.9 Å². The number of methoxy groups -OCH3 is 1. The number of nitrogens with two attached hydrogens (primary N) is 1. The normalized spacial score (nSPS) is 12.7. The van der Waals surface area contributed by atoms with E-state index in [1.807, 2.05) is 68.4 Å². The average molecular weight is 1000 g/mol. The lowest BCUT2D eigenvalue weighted by Crippen LogP contribution is -2.60. The minimum absolute atomic E-state index is 0.0185. The highest BCUT2D eigenvalue weighted by atomic mass is 16.6. The summed E-state index contributed by atoms with van der Waals surface area (Å²) in [6.45, 7) is 11.5. The number of benzene rings is 3. The molecule has 0 saturated carbocycles. The molecular weight excluding hydrogens is 927 g/mol. The Bertz CT molecular complexity index is 2200. The van der Waals surface area contributed by atoms with Crippen LogP contribution in [0.3, 0.4) is 0 Å². The van der Waals surface area contributed by atoms with E-state index in [0.717, 1.165) is 43.1 Å². The molecule has 19 heteroatoms. The van der Waals surface area contributed by atoms with Gasteiger partial charge in [0.1, 0.15) is 30.3 Å². The molecule has 6 amide bonds. The summed E-state index contributed by atoms with van der Waals surface area (Å²) in [6, 6.07) is 20.4. The lowest BCUT2D eigenvalue weighted by molar-refractivity contribution is -0.145. The summed E-state index contributed by atoms with van der Waals surface area (Å²) < 4.78 is 20.6. The largest absolute Gasteiger partial charge is 0.467 e. The Kier molecular flexibility index (Phi) is 25.8. The van der Waals surface area contributed by atoms with Crippen LogP contribution in [-0.2, 0) is 55.9 Å². The van der Waals surface area contributed by atoms with Crippen molar-refractivity contribution in [1.82, 2.24) is 31.9 Å². The van der Waals surface area contributed by atoms with Crippen LogP contribution in [0.4, 0.5) is 9.59 Å². The number of carbonyl (C=O) groups is 8. The Hall–Kier alpha value is -7.02. The monoisotopic (exact) mass is 1000 g/mol. The maximum absolute atomic E-state index is 14.2. The molecule has 8 N–H and O–H groups in total. The van der Waals surface area contributed by atoms with Gasteiger partial charge in [0, 0.05) is 25.1 Å². The fourth-order valence-corrected chi connectivity index (χ4v) is 6.93. The summed E-state index contributed by atoms with van der Waals surface area (Å²) >= 11 is 0. The van der Waals surface area contributed by atoms with E-state index in [4.69, 9.17) is 24.7 Å². The van der Waals surface area contributed by atoms with Crippen molar-refractivity contribution in [2.75, 3.05) is 26.8 Å².